The minimum Gasteiger partial charge on any atom is -0.479 e. The zero-order chi connectivity index (χ0) is 15.7. The smallest absolute Gasteiger partial charge is 0.345 e. The Bertz CT molecular complexity index is 624. The Morgan fingerprint density at radius 3 is 1.67 bits per heavy atom. The number of hydrogen-bond acceptors (Lipinski definition) is 2. The van der Waals surface area contributed by atoms with Crippen LogP contribution < -0.4 is 0 Å². The Morgan fingerprint density at radius 2 is 1.24 bits per heavy atom. The first-order chi connectivity index (χ1) is 9.76. The summed E-state index contributed by atoms with van der Waals surface area (Å²) < 4.78 is 0. The predicted octanol–water partition coefficient (Wildman–Crippen LogP) is 3.30. The molecule has 110 valence electrons. The van der Waals surface area contributed by atoms with Gasteiger partial charge in [0.05, 0.1) is 0 Å². The van der Waals surface area contributed by atoms with E-state index >= 15 is 0 Å². The van der Waals surface area contributed by atoms with Gasteiger partial charge >= 0.3 is 5.97 Å². The van der Waals surface area contributed by atoms with Crippen LogP contribution in [0.5, 0.6) is 0 Å². The highest BCUT2D eigenvalue weighted by atomic mass is 16.4. The van der Waals surface area contributed by atoms with Crippen LogP contribution in [0.3, 0.4) is 0 Å². The molecule has 0 bridgehead atoms. The van der Waals surface area contributed by atoms with Gasteiger partial charge in [0.1, 0.15) is 0 Å². The first-order valence-corrected chi connectivity index (χ1v) is 6.88. The summed E-state index contributed by atoms with van der Waals surface area (Å²) >= 11 is 0. The summed E-state index contributed by atoms with van der Waals surface area (Å²) in [5.41, 5.74) is -0.258. The Morgan fingerprint density at radius 1 is 0.810 bits per heavy atom. The van der Waals surface area contributed by atoms with Gasteiger partial charge in [-0.2, -0.15) is 0 Å². The van der Waals surface area contributed by atoms with E-state index in [1.165, 1.54) is 0 Å². The van der Waals surface area contributed by atoms with Crippen molar-refractivity contribution in [3.63, 3.8) is 0 Å². The fourth-order valence-electron chi connectivity index (χ4n) is 2.30. The molecule has 0 fully saturated rings. The molecule has 0 saturated heterocycles. The topological polar surface area (TPSA) is 57.5 Å². The fraction of sp³-hybridized carbons (Fsp3) is 0.278. The zero-order valence-corrected chi connectivity index (χ0v) is 12.5. The number of rotatable bonds is 3. The quantitative estimate of drug-likeness (QED) is 0.909. The van der Waals surface area contributed by atoms with Crippen molar-refractivity contribution in [3.8, 4) is 0 Å². The average Bonchev–Trinajstić information content (AvgIpc) is 2.46. The predicted molar refractivity (Wildman–Crippen MR) is 82.2 cm³/mol. The van der Waals surface area contributed by atoms with E-state index in [0.29, 0.717) is 11.1 Å². The zero-order valence-electron chi connectivity index (χ0n) is 12.5. The van der Waals surface area contributed by atoms with Crippen LogP contribution in [0.15, 0.2) is 54.6 Å². The molecular formula is C18H20O3. The number of carboxylic acids is 1. The third-order valence-corrected chi connectivity index (χ3v) is 3.67. The molecule has 1 unspecified atom stereocenters. The van der Waals surface area contributed by atoms with Gasteiger partial charge in [0.15, 0.2) is 0 Å². The number of carboxylic acid groups (broad SMARTS) is 1. The molecule has 0 aliphatic heterocycles. The Balaban J connectivity index is 2.52. The minimum atomic E-state index is -2.03. The Labute approximate surface area is 124 Å². The van der Waals surface area contributed by atoms with E-state index in [4.69, 9.17) is 0 Å². The maximum Gasteiger partial charge on any atom is 0.345 e. The standard InChI is InChI=1S/C18H20O3/c1-17(2,3)13-9-11-15(12-10-13)18(21,16(19)20)14-7-5-4-6-8-14/h4-12,21H,1-3H3,(H,19,20). The number of hydrogen-bond donors (Lipinski definition) is 2. The second-order valence-electron chi connectivity index (χ2n) is 6.21. The summed E-state index contributed by atoms with van der Waals surface area (Å²) in [4.78, 5) is 11.7. The summed E-state index contributed by atoms with van der Waals surface area (Å²) in [6.07, 6.45) is 0. The Kier molecular flexibility index (Phi) is 3.88. The van der Waals surface area contributed by atoms with Crippen molar-refractivity contribution < 1.29 is 15.0 Å². The Hall–Kier alpha value is -2.13. The van der Waals surface area contributed by atoms with Crippen molar-refractivity contribution in [1.29, 1.82) is 0 Å². The van der Waals surface area contributed by atoms with Crippen LogP contribution in [0, 0.1) is 0 Å². The van der Waals surface area contributed by atoms with E-state index in [-0.39, 0.29) is 5.41 Å². The number of benzene rings is 2. The number of carbonyl (C=O) groups is 1. The van der Waals surface area contributed by atoms with Gasteiger partial charge in [-0.05, 0) is 22.1 Å². The minimum absolute atomic E-state index is 0.0212. The normalized spacial score (nSPS) is 14.5. The summed E-state index contributed by atoms with van der Waals surface area (Å²) in [7, 11) is 0. The molecular weight excluding hydrogens is 264 g/mol. The second kappa shape index (κ2) is 5.34. The van der Waals surface area contributed by atoms with E-state index in [1.54, 1.807) is 42.5 Å². The van der Waals surface area contributed by atoms with Crippen LogP contribution in [0.25, 0.3) is 0 Å². The van der Waals surface area contributed by atoms with E-state index in [9.17, 15) is 15.0 Å². The largest absolute Gasteiger partial charge is 0.479 e. The van der Waals surface area contributed by atoms with Crippen LogP contribution in [0.2, 0.25) is 0 Å². The van der Waals surface area contributed by atoms with E-state index in [0.717, 1.165) is 5.56 Å². The molecule has 0 aliphatic rings. The van der Waals surface area contributed by atoms with Crippen molar-refractivity contribution in [3.05, 3.63) is 71.3 Å². The third kappa shape index (κ3) is 2.83. The molecule has 0 radical (unpaired) electrons. The van der Waals surface area contributed by atoms with Gasteiger partial charge in [0.25, 0.3) is 0 Å². The van der Waals surface area contributed by atoms with Crippen molar-refractivity contribution >= 4 is 5.97 Å². The average molecular weight is 284 g/mol. The lowest BCUT2D eigenvalue weighted by atomic mass is 9.82. The van der Waals surface area contributed by atoms with Crippen molar-refractivity contribution in [2.75, 3.05) is 0 Å². The van der Waals surface area contributed by atoms with E-state index in [2.05, 4.69) is 20.8 Å². The molecule has 1 atom stereocenters. The molecule has 0 aromatic heterocycles. The van der Waals surface area contributed by atoms with Gasteiger partial charge in [-0.1, -0.05) is 75.4 Å². The fourth-order valence-corrected chi connectivity index (χ4v) is 2.30. The van der Waals surface area contributed by atoms with Gasteiger partial charge in [-0.3, -0.25) is 0 Å². The first-order valence-electron chi connectivity index (χ1n) is 6.88. The molecule has 21 heavy (non-hydrogen) atoms. The monoisotopic (exact) mass is 284 g/mol. The van der Waals surface area contributed by atoms with Crippen molar-refractivity contribution in [1.82, 2.24) is 0 Å². The lowest BCUT2D eigenvalue weighted by Gasteiger charge is -2.26. The maximum atomic E-state index is 11.7. The van der Waals surface area contributed by atoms with Gasteiger partial charge in [0.2, 0.25) is 5.60 Å². The molecule has 2 aromatic rings. The summed E-state index contributed by atoms with van der Waals surface area (Å²) in [5.74, 6) is -1.28. The van der Waals surface area contributed by atoms with Gasteiger partial charge in [-0.25, -0.2) is 4.79 Å². The van der Waals surface area contributed by atoms with Gasteiger partial charge < -0.3 is 10.2 Å². The molecule has 0 aliphatic carbocycles. The summed E-state index contributed by atoms with van der Waals surface area (Å²) in [6, 6.07) is 15.5. The number of aliphatic carboxylic acids is 1. The molecule has 0 spiro atoms. The van der Waals surface area contributed by atoms with Crippen LogP contribution in [0.1, 0.15) is 37.5 Å². The van der Waals surface area contributed by atoms with Gasteiger partial charge in [-0.15, -0.1) is 0 Å². The molecule has 2 N–H and O–H groups in total. The molecule has 0 heterocycles. The van der Waals surface area contributed by atoms with Crippen molar-refractivity contribution in [2.45, 2.75) is 31.8 Å². The number of aliphatic hydroxyl groups is 1. The van der Waals surface area contributed by atoms with Crippen LogP contribution in [0.4, 0.5) is 0 Å². The lowest BCUT2D eigenvalue weighted by molar-refractivity contribution is -0.155. The maximum absolute atomic E-state index is 11.7. The molecule has 0 saturated carbocycles. The van der Waals surface area contributed by atoms with Crippen LogP contribution >= 0.6 is 0 Å². The van der Waals surface area contributed by atoms with Crippen molar-refractivity contribution in [2.24, 2.45) is 0 Å². The highest BCUT2D eigenvalue weighted by Crippen LogP contribution is 2.31. The van der Waals surface area contributed by atoms with E-state index < -0.39 is 11.6 Å². The van der Waals surface area contributed by atoms with Gasteiger partial charge in [0, 0.05) is 0 Å². The molecule has 3 nitrogen and oxygen atoms in total. The SMILES string of the molecule is CC(C)(C)c1ccc(C(O)(C(=O)O)c2ccccc2)cc1. The first kappa shape index (κ1) is 15.3. The lowest BCUT2D eigenvalue weighted by Crippen LogP contribution is -2.36. The third-order valence-electron chi connectivity index (χ3n) is 3.67. The highest BCUT2D eigenvalue weighted by molar-refractivity contribution is 5.83. The summed E-state index contributed by atoms with van der Waals surface area (Å²) in [6.45, 7) is 6.26. The molecule has 0 amide bonds. The van der Waals surface area contributed by atoms with Crippen LogP contribution in [-0.2, 0) is 15.8 Å². The highest BCUT2D eigenvalue weighted by Gasteiger charge is 2.40. The molecule has 3 heteroatoms. The van der Waals surface area contributed by atoms with E-state index in [1.807, 2.05) is 12.1 Å². The second-order valence-corrected chi connectivity index (χ2v) is 6.21. The van der Waals surface area contributed by atoms with Crippen LogP contribution in [-0.4, -0.2) is 16.2 Å². The molecule has 2 aromatic carbocycles. The molecule has 2 rings (SSSR count). The summed E-state index contributed by atoms with van der Waals surface area (Å²) in [5, 5.41) is 20.2.